The van der Waals surface area contributed by atoms with Crippen molar-refractivity contribution in [2.24, 2.45) is 0 Å². The van der Waals surface area contributed by atoms with Gasteiger partial charge in [-0.05, 0) is 0 Å². The first-order valence-electron chi connectivity index (χ1n) is 4.19. The summed E-state index contributed by atoms with van der Waals surface area (Å²) in [5.74, 6) is 0. The summed E-state index contributed by atoms with van der Waals surface area (Å²) in [6.07, 6.45) is 21.0. The third-order valence-electron chi connectivity index (χ3n) is 0.992. The fourth-order valence-corrected chi connectivity index (χ4v) is 0.556. The average Bonchev–Trinajstić information content (AvgIpc) is 3.34. The van der Waals surface area contributed by atoms with Crippen molar-refractivity contribution in [3.8, 4) is 0 Å². The molecule has 0 saturated heterocycles. The zero-order valence-corrected chi connectivity index (χ0v) is 16.3. The second kappa shape index (κ2) is 80.4. The minimum absolute atomic E-state index is 0. The van der Waals surface area contributed by atoms with E-state index in [4.69, 9.17) is 28.2 Å². The van der Waals surface area contributed by atoms with E-state index in [1.54, 1.807) is 0 Å². The summed E-state index contributed by atoms with van der Waals surface area (Å²) in [4.78, 5) is 0. The van der Waals surface area contributed by atoms with E-state index in [1.807, 2.05) is 51.4 Å². The molecule has 2 aliphatic rings. The standard InChI is InChI=1S/2C5H4.4CO.ClH.2Fe.Ga/c2*1-2-4-5-3-1;4*1-2;;;;/h2*1-4H;;;;;1H;;;/q2*-1;;;;;;;;+1/p-1. The van der Waals surface area contributed by atoms with E-state index in [2.05, 4.69) is 39.4 Å². The van der Waals surface area contributed by atoms with Crippen LogP contribution in [-0.2, 0) is 52.7 Å². The Morgan fingerprint density at radius 3 is 0.727 bits per heavy atom. The van der Waals surface area contributed by atoms with Crippen LogP contribution in [0.15, 0.2) is 0 Å². The molecule has 2 rings (SSSR count). The van der Waals surface area contributed by atoms with Crippen LogP contribution in [0.5, 0.6) is 0 Å². The Kier molecular flexibility index (Phi) is 159. The Bertz CT molecular complexity index is 155. The zero-order valence-electron chi connectivity index (χ0n) is 10.9. The molecular formula is C14H8ClFe2GaO4-2. The SMILES string of the molecule is [C-]#[O+].[C-]#[O+].[C-]#[O+].[C-]#[O+].[C-]1[CH][CH][CH][CH]1.[C-]1[CH][CH][CH][CH]1.[Cl][Ga].[Fe].[Fe]. The van der Waals surface area contributed by atoms with Crippen molar-refractivity contribution in [2.45, 2.75) is 0 Å². The third-order valence-corrected chi connectivity index (χ3v) is 0.992. The molecule has 2 aliphatic carbocycles. The third kappa shape index (κ3) is 69.6. The molecule has 0 N–H and O–H groups in total. The van der Waals surface area contributed by atoms with Gasteiger partial charge < -0.3 is 12.8 Å². The maximum Gasteiger partial charge on any atom is 0 e. The Balaban J connectivity index is -0.0000000251. The number of rotatable bonds is 0. The second-order valence-corrected chi connectivity index (χ2v) is 1.77. The summed E-state index contributed by atoms with van der Waals surface area (Å²) < 4.78 is 30.0. The fourth-order valence-electron chi connectivity index (χ4n) is 0.556. The van der Waals surface area contributed by atoms with Gasteiger partial charge >= 0.3 is 72.4 Å². The molecule has 0 aliphatic heterocycles. The first kappa shape index (κ1) is 43.5. The van der Waals surface area contributed by atoms with Gasteiger partial charge in [-0.25, -0.2) is 25.7 Å². The van der Waals surface area contributed by atoms with Crippen LogP contribution in [0.25, 0.3) is 0 Å². The maximum absolute atomic E-state index is 7.50. The molecule has 0 heterocycles. The molecule has 0 spiro atoms. The van der Waals surface area contributed by atoms with E-state index in [1.165, 1.54) is 0 Å². The van der Waals surface area contributed by atoms with Crippen molar-refractivity contribution in [1.82, 2.24) is 0 Å². The van der Waals surface area contributed by atoms with Gasteiger partial charge in [0.1, 0.15) is 0 Å². The summed E-state index contributed by atoms with van der Waals surface area (Å²) in [5, 5.41) is 0. The number of hydrogen-bond donors (Lipinski definition) is 0. The van der Waals surface area contributed by atoms with Crippen molar-refractivity contribution in [2.75, 3.05) is 0 Å². The predicted molar refractivity (Wildman–Crippen MR) is 68.2 cm³/mol. The summed E-state index contributed by atoms with van der Waals surface area (Å²) in [6.45, 7) is 18.0. The Morgan fingerprint density at radius 1 is 0.545 bits per heavy atom. The van der Waals surface area contributed by atoms with Crippen molar-refractivity contribution in [3.63, 3.8) is 0 Å². The number of hydrogen-bond acceptors (Lipinski definition) is 0. The van der Waals surface area contributed by atoms with Crippen LogP contribution >= 0.6 is 9.64 Å². The van der Waals surface area contributed by atoms with Gasteiger partial charge in [0.05, 0.1) is 0 Å². The van der Waals surface area contributed by atoms with Gasteiger partial charge in [-0.1, -0.05) is 25.7 Å². The maximum atomic E-state index is 7.50. The molecule has 4 nitrogen and oxygen atoms in total. The zero-order chi connectivity index (χ0) is 17.1. The minimum atomic E-state index is 0. The van der Waals surface area contributed by atoms with Gasteiger partial charge in [-0.15, -0.1) is 0 Å². The molecule has 2 fully saturated rings. The first-order chi connectivity index (χ1) is 10.0. The van der Waals surface area contributed by atoms with Crippen molar-refractivity contribution >= 4 is 27.2 Å². The van der Waals surface area contributed by atoms with E-state index < -0.39 is 0 Å². The van der Waals surface area contributed by atoms with Crippen LogP contribution < -0.4 is 0 Å². The molecule has 116 valence electrons. The topological polar surface area (TPSA) is 79.6 Å². The quantitative estimate of drug-likeness (QED) is 0.303. The number of halogens is 1. The Morgan fingerprint density at radius 2 is 0.682 bits per heavy atom. The van der Waals surface area contributed by atoms with Crippen molar-refractivity contribution in [1.29, 1.82) is 0 Å². The molecule has 8 heteroatoms. The summed E-state index contributed by atoms with van der Waals surface area (Å²) >= 11 is 1.16. The smallest absolute Gasteiger partial charge is 0 e. The molecule has 12 radical (unpaired) electrons. The molecule has 0 amide bonds. The van der Waals surface area contributed by atoms with Crippen LogP contribution in [0, 0.1) is 90.8 Å². The van der Waals surface area contributed by atoms with Gasteiger partial charge in [0.2, 0.25) is 0 Å². The Hall–Kier alpha value is 0.925. The molecule has 0 unspecified atom stereocenters. The molecule has 0 aromatic rings. The van der Waals surface area contributed by atoms with Crippen LogP contribution in [0.1, 0.15) is 0 Å². The normalized spacial score (nSPS) is 11.5. The summed E-state index contributed by atoms with van der Waals surface area (Å²) in [6, 6.07) is 0. The van der Waals surface area contributed by atoms with Gasteiger partial charge in [0.25, 0.3) is 0 Å². The molecule has 0 atom stereocenters. The molecule has 0 aromatic carbocycles. The van der Waals surface area contributed by atoms with Crippen LogP contribution in [0.4, 0.5) is 0 Å². The first-order valence-corrected chi connectivity index (χ1v) is 7.37. The second-order valence-electron chi connectivity index (χ2n) is 1.77. The van der Waals surface area contributed by atoms with Crippen LogP contribution in [0.3, 0.4) is 0 Å². The van der Waals surface area contributed by atoms with E-state index in [0.29, 0.717) is 0 Å². The predicted octanol–water partition coefficient (Wildman–Crippen LogP) is 1.95. The van der Waals surface area contributed by atoms with Gasteiger partial charge in [-0.3, -0.25) is 0 Å². The van der Waals surface area contributed by atoms with Gasteiger partial charge in [0, 0.05) is 34.1 Å². The van der Waals surface area contributed by atoms with Crippen molar-refractivity contribution in [3.05, 3.63) is 90.8 Å². The molecule has 0 aromatic heterocycles. The Labute approximate surface area is 170 Å². The largest absolute Gasteiger partial charge is 0 e. The van der Waals surface area contributed by atoms with E-state index in [0.717, 1.165) is 17.6 Å². The van der Waals surface area contributed by atoms with Gasteiger partial charge in [-0.2, -0.15) is 0 Å². The van der Waals surface area contributed by atoms with E-state index in [-0.39, 0.29) is 34.1 Å². The average molecular weight is 457 g/mol. The molecule has 2 saturated carbocycles. The van der Waals surface area contributed by atoms with E-state index >= 15 is 0 Å². The van der Waals surface area contributed by atoms with Crippen molar-refractivity contribution < 1.29 is 52.7 Å². The molecule has 22 heavy (non-hydrogen) atoms. The summed E-state index contributed by atoms with van der Waals surface area (Å²) in [7, 11) is 4.70. The molecule has 0 bridgehead atoms. The monoisotopic (exact) mass is 456 g/mol. The molecular weight excluding hydrogens is 449 g/mol. The van der Waals surface area contributed by atoms with Crippen LogP contribution in [0.2, 0.25) is 0 Å². The van der Waals surface area contributed by atoms with Crippen LogP contribution in [-0.4, -0.2) is 17.6 Å². The summed E-state index contributed by atoms with van der Waals surface area (Å²) in [5.41, 5.74) is 0. The minimum Gasteiger partial charge on any atom is 0 e. The van der Waals surface area contributed by atoms with Gasteiger partial charge in [0.15, 0.2) is 0 Å². The van der Waals surface area contributed by atoms with E-state index in [9.17, 15) is 0 Å². The fraction of sp³-hybridized carbons (Fsp3) is 0.